The number of nitrogens with two attached hydrogens (primary N) is 1. The largest absolute Gasteiger partial charge is 0.480 e. The van der Waals surface area contributed by atoms with Crippen molar-refractivity contribution in [2.24, 2.45) is 5.73 Å². The van der Waals surface area contributed by atoms with Crippen molar-refractivity contribution in [3.8, 4) is 5.75 Å². The summed E-state index contributed by atoms with van der Waals surface area (Å²) in [6, 6.07) is 19.9. The summed E-state index contributed by atoms with van der Waals surface area (Å²) in [5.74, 6) is -0.130. The molecule has 0 heterocycles. The standard InChI is InChI=1S/C20H18N2O3/c1-13(20(24)22-16-11-9-15(10-12-16)19(21)23)25-18-8-4-6-14-5-2-3-7-17(14)18/h2-13H,1H3,(H2,21,23)(H,22,24). The van der Waals surface area contributed by atoms with Gasteiger partial charge in [-0.1, -0.05) is 36.4 Å². The van der Waals surface area contributed by atoms with Crippen LogP contribution in [0.15, 0.2) is 66.7 Å². The Balaban J connectivity index is 1.71. The fourth-order valence-corrected chi connectivity index (χ4v) is 2.50. The number of benzene rings is 3. The highest BCUT2D eigenvalue weighted by Gasteiger charge is 2.16. The van der Waals surface area contributed by atoms with E-state index in [9.17, 15) is 9.59 Å². The minimum absolute atomic E-state index is 0.278. The molecule has 0 bridgehead atoms. The number of nitrogens with one attached hydrogen (secondary N) is 1. The first-order valence-electron chi connectivity index (χ1n) is 7.90. The predicted molar refractivity (Wildman–Crippen MR) is 97.6 cm³/mol. The van der Waals surface area contributed by atoms with Crippen molar-refractivity contribution in [2.75, 3.05) is 5.32 Å². The third-order valence-electron chi connectivity index (χ3n) is 3.86. The van der Waals surface area contributed by atoms with E-state index >= 15 is 0 Å². The Morgan fingerprint density at radius 3 is 2.36 bits per heavy atom. The monoisotopic (exact) mass is 334 g/mol. The molecule has 3 aromatic carbocycles. The van der Waals surface area contributed by atoms with Crippen molar-refractivity contribution in [3.63, 3.8) is 0 Å². The molecular formula is C20H18N2O3. The van der Waals surface area contributed by atoms with Gasteiger partial charge in [0.15, 0.2) is 6.10 Å². The lowest BCUT2D eigenvalue weighted by Crippen LogP contribution is -2.30. The molecular weight excluding hydrogens is 316 g/mol. The van der Waals surface area contributed by atoms with Crippen LogP contribution in [0.5, 0.6) is 5.75 Å². The number of hydrogen-bond acceptors (Lipinski definition) is 3. The Kier molecular flexibility index (Phi) is 4.66. The molecule has 0 fully saturated rings. The van der Waals surface area contributed by atoms with E-state index in [0.29, 0.717) is 17.0 Å². The van der Waals surface area contributed by atoms with Crippen LogP contribution < -0.4 is 15.8 Å². The highest BCUT2D eigenvalue weighted by molar-refractivity contribution is 5.96. The molecule has 0 aliphatic carbocycles. The van der Waals surface area contributed by atoms with Gasteiger partial charge in [0.05, 0.1) is 0 Å². The molecule has 0 saturated carbocycles. The van der Waals surface area contributed by atoms with E-state index in [1.807, 2.05) is 42.5 Å². The van der Waals surface area contributed by atoms with Crippen LogP contribution in [-0.2, 0) is 4.79 Å². The first-order chi connectivity index (χ1) is 12.0. The lowest BCUT2D eigenvalue weighted by molar-refractivity contribution is -0.122. The Morgan fingerprint density at radius 2 is 1.64 bits per heavy atom. The van der Waals surface area contributed by atoms with Crippen molar-refractivity contribution in [3.05, 3.63) is 72.3 Å². The van der Waals surface area contributed by atoms with E-state index in [1.54, 1.807) is 31.2 Å². The summed E-state index contributed by atoms with van der Waals surface area (Å²) in [6.45, 7) is 1.69. The maximum atomic E-state index is 12.3. The van der Waals surface area contributed by atoms with Crippen molar-refractivity contribution in [2.45, 2.75) is 13.0 Å². The second-order valence-corrected chi connectivity index (χ2v) is 5.67. The molecule has 0 aromatic heterocycles. The number of amides is 2. The first kappa shape index (κ1) is 16.5. The summed E-state index contributed by atoms with van der Waals surface area (Å²) in [7, 11) is 0. The fraction of sp³-hybridized carbons (Fsp3) is 0.100. The zero-order chi connectivity index (χ0) is 17.8. The third-order valence-corrected chi connectivity index (χ3v) is 3.86. The van der Waals surface area contributed by atoms with Crippen LogP contribution in [0.1, 0.15) is 17.3 Å². The highest BCUT2D eigenvalue weighted by atomic mass is 16.5. The van der Waals surface area contributed by atoms with Crippen LogP contribution in [0.4, 0.5) is 5.69 Å². The van der Waals surface area contributed by atoms with Crippen LogP contribution in [0, 0.1) is 0 Å². The Morgan fingerprint density at radius 1 is 0.960 bits per heavy atom. The van der Waals surface area contributed by atoms with E-state index in [0.717, 1.165) is 10.8 Å². The second-order valence-electron chi connectivity index (χ2n) is 5.67. The molecule has 1 atom stereocenters. The van der Waals surface area contributed by atoms with Gasteiger partial charge in [-0.3, -0.25) is 9.59 Å². The molecule has 25 heavy (non-hydrogen) atoms. The summed E-state index contributed by atoms with van der Waals surface area (Å²) >= 11 is 0. The number of ether oxygens (including phenoxy) is 1. The fourth-order valence-electron chi connectivity index (χ4n) is 2.50. The van der Waals surface area contributed by atoms with Gasteiger partial charge in [-0.2, -0.15) is 0 Å². The molecule has 3 N–H and O–H groups in total. The maximum Gasteiger partial charge on any atom is 0.265 e. The molecule has 1 unspecified atom stereocenters. The number of fused-ring (bicyclic) bond motifs is 1. The van der Waals surface area contributed by atoms with Crippen LogP contribution in [0.2, 0.25) is 0 Å². The summed E-state index contributed by atoms with van der Waals surface area (Å²) in [6.07, 6.45) is -0.679. The van der Waals surface area contributed by atoms with Crippen molar-refractivity contribution >= 4 is 28.3 Å². The molecule has 5 nitrogen and oxygen atoms in total. The maximum absolute atomic E-state index is 12.3. The molecule has 0 saturated heterocycles. The topological polar surface area (TPSA) is 81.4 Å². The average molecular weight is 334 g/mol. The van der Waals surface area contributed by atoms with E-state index in [4.69, 9.17) is 10.5 Å². The summed E-state index contributed by atoms with van der Waals surface area (Å²) in [5.41, 5.74) is 6.16. The van der Waals surface area contributed by atoms with Crippen LogP contribution in [0.25, 0.3) is 10.8 Å². The number of primary amides is 1. The third kappa shape index (κ3) is 3.77. The lowest BCUT2D eigenvalue weighted by atomic mass is 10.1. The first-order valence-corrected chi connectivity index (χ1v) is 7.90. The smallest absolute Gasteiger partial charge is 0.265 e. The Labute approximate surface area is 145 Å². The lowest BCUT2D eigenvalue weighted by Gasteiger charge is -2.16. The van der Waals surface area contributed by atoms with Gasteiger partial charge >= 0.3 is 0 Å². The molecule has 0 aliphatic rings. The number of carbonyl (C=O) groups excluding carboxylic acids is 2. The number of hydrogen-bond donors (Lipinski definition) is 2. The average Bonchev–Trinajstić information content (AvgIpc) is 2.62. The predicted octanol–water partition coefficient (Wildman–Crippen LogP) is 3.34. The Bertz CT molecular complexity index is 914. The molecule has 3 rings (SSSR count). The van der Waals surface area contributed by atoms with Crippen molar-refractivity contribution in [1.29, 1.82) is 0 Å². The van der Waals surface area contributed by atoms with Gasteiger partial charge in [-0.15, -0.1) is 0 Å². The zero-order valence-electron chi connectivity index (χ0n) is 13.7. The molecule has 0 spiro atoms. The second kappa shape index (κ2) is 7.05. The molecule has 0 aliphatic heterocycles. The van der Waals surface area contributed by atoms with E-state index in [2.05, 4.69) is 5.32 Å². The van der Waals surface area contributed by atoms with Gasteiger partial charge in [-0.25, -0.2) is 0 Å². The number of rotatable bonds is 5. The van der Waals surface area contributed by atoms with Gasteiger partial charge in [0.25, 0.3) is 5.91 Å². The van der Waals surface area contributed by atoms with Crippen LogP contribution in [0.3, 0.4) is 0 Å². The van der Waals surface area contributed by atoms with E-state index in [1.165, 1.54) is 0 Å². The van der Waals surface area contributed by atoms with Crippen LogP contribution >= 0.6 is 0 Å². The van der Waals surface area contributed by atoms with Gasteiger partial charge in [-0.05, 0) is 42.6 Å². The SMILES string of the molecule is CC(Oc1cccc2ccccc12)C(=O)Nc1ccc(C(N)=O)cc1. The van der Waals surface area contributed by atoms with E-state index in [-0.39, 0.29) is 5.91 Å². The molecule has 2 amide bonds. The molecule has 3 aromatic rings. The Hall–Kier alpha value is -3.34. The van der Waals surface area contributed by atoms with Gasteiger partial charge in [0, 0.05) is 16.6 Å². The van der Waals surface area contributed by atoms with Gasteiger partial charge in [0.1, 0.15) is 5.75 Å². The van der Waals surface area contributed by atoms with Crippen molar-refractivity contribution < 1.29 is 14.3 Å². The molecule has 126 valence electrons. The summed E-state index contributed by atoms with van der Waals surface area (Å²) in [4.78, 5) is 23.4. The molecule has 5 heteroatoms. The minimum atomic E-state index is -0.679. The van der Waals surface area contributed by atoms with Gasteiger partial charge in [0.2, 0.25) is 5.91 Å². The normalized spacial score (nSPS) is 11.7. The number of carbonyl (C=O) groups is 2. The summed E-state index contributed by atoms with van der Waals surface area (Å²) < 4.78 is 5.84. The molecule has 0 radical (unpaired) electrons. The van der Waals surface area contributed by atoms with Gasteiger partial charge < -0.3 is 15.8 Å². The van der Waals surface area contributed by atoms with Crippen molar-refractivity contribution in [1.82, 2.24) is 0 Å². The zero-order valence-corrected chi connectivity index (χ0v) is 13.7. The number of anilines is 1. The minimum Gasteiger partial charge on any atom is -0.480 e. The highest BCUT2D eigenvalue weighted by Crippen LogP contribution is 2.26. The summed E-state index contributed by atoms with van der Waals surface area (Å²) in [5, 5.41) is 4.76. The quantitative estimate of drug-likeness (QED) is 0.751. The van der Waals surface area contributed by atoms with E-state index < -0.39 is 12.0 Å². The van der Waals surface area contributed by atoms with Crippen LogP contribution in [-0.4, -0.2) is 17.9 Å².